The molecule has 2 aliphatic rings. The third-order valence-electron chi connectivity index (χ3n) is 7.50. The van der Waals surface area contributed by atoms with Gasteiger partial charge in [-0.05, 0) is 98.4 Å². The topological polar surface area (TPSA) is 95.9 Å². The highest BCUT2D eigenvalue weighted by Crippen LogP contribution is 2.45. The van der Waals surface area contributed by atoms with Gasteiger partial charge in [-0.2, -0.15) is 18.3 Å². The number of fused-ring (bicyclic) bond motifs is 3. The molecule has 0 spiro atoms. The number of hydrogen-bond donors (Lipinski definition) is 1. The van der Waals surface area contributed by atoms with Crippen LogP contribution < -0.4 is 10.7 Å². The van der Waals surface area contributed by atoms with E-state index in [1.807, 2.05) is 13.0 Å². The van der Waals surface area contributed by atoms with E-state index >= 15 is 0 Å². The molecule has 0 unspecified atom stereocenters. The Labute approximate surface area is 237 Å². The molecule has 41 heavy (non-hydrogen) atoms. The van der Waals surface area contributed by atoms with Crippen LogP contribution in [-0.2, 0) is 37.0 Å². The minimum Gasteiger partial charge on any atom is -0.446 e. The lowest BCUT2D eigenvalue weighted by molar-refractivity contribution is -0.137. The maximum absolute atomic E-state index is 13.7. The summed E-state index contributed by atoms with van der Waals surface area (Å²) in [5, 5.41) is 11.8. The molecule has 4 rings (SSSR count). The summed E-state index contributed by atoms with van der Waals surface area (Å²) in [5.74, 6) is 5.77. The van der Waals surface area contributed by atoms with Crippen LogP contribution >= 0.6 is 0 Å². The lowest BCUT2D eigenvalue weighted by Crippen LogP contribution is -2.36. The average molecular weight is 577 g/mol. The van der Waals surface area contributed by atoms with Gasteiger partial charge < -0.3 is 15.5 Å². The van der Waals surface area contributed by atoms with Crippen molar-refractivity contribution in [1.29, 1.82) is 0 Å². The molecule has 2 N–H and O–H groups in total. The monoisotopic (exact) mass is 576 g/mol. The zero-order chi connectivity index (χ0) is 29.9. The number of hydrogen-bond acceptors (Lipinski definition) is 5. The summed E-state index contributed by atoms with van der Waals surface area (Å²) < 4.78 is 60.3. The van der Waals surface area contributed by atoms with Crippen LogP contribution in [0, 0.1) is 6.92 Å². The second-order valence-corrected chi connectivity index (χ2v) is 10.7. The van der Waals surface area contributed by atoms with Gasteiger partial charge in [-0.3, -0.25) is 4.90 Å². The van der Waals surface area contributed by atoms with Crippen molar-refractivity contribution < 1.29 is 27.1 Å². The third-order valence-corrected chi connectivity index (χ3v) is 7.50. The average Bonchev–Trinajstić information content (AvgIpc) is 3.33. The van der Waals surface area contributed by atoms with E-state index in [-0.39, 0.29) is 29.7 Å². The van der Waals surface area contributed by atoms with Crippen molar-refractivity contribution >= 4 is 17.7 Å². The quantitative estimate of drug-likeness (QED) is 0.104. The van der Waals surface area contributed by atoms with Gasteiger partial charge in [-0.15, -0.1) is 10.2 Å². The fourth-order valence-corrected chi connectivity index (χ4v) is 5.92. The van der Waals surface area contributed by atoms with Crippen molar-refractivity contribution in [1.82, 2.24) is 4.90 Å². The molecule has 0 saturated heterocycles. The molecule has 2 aromatic carbocycles. The van der Waals surface area contributed by atoms with Gasteiger partial charge in [0.05, 0.1) is 23.4 Å². The molecule has 0 bridgehead atoms. The molecule has 1 heterocycles. The first-order chi connectivity index (χ1) is 19.5. The van der Waals surface area contributed by atoms with Crippen molar-refractivity contribution in [2.24, 2.45) is 21.2 Å². The van der Waals surface area contributed by atoms with E-state index in [1.165, 1.54) is 18.7 Å². The summed E-state index contributed by atoms with van der Waals surface area (Å²) in [4.78, 5) is 16.7. The second kappa shape index (κ2) is 12.4. The number of ether oxygens (including phenoxy) is 1. The maximum Gasteiger partial charge on any atom is 0.416 e. The van der Waals surface area contributed by atoms with Crippen LogP contribution in [-0.4, -0.2) is 36.6 Å². The predicted molar refractivity (Wildman–Crippen MR) is 148 cm³/mol. The highest BCUT2D eigenvalue weighted by molar-refractivity contribution is 5.91. The van der Waals surface area contributed by atoms with Gasteiger partial charge in [-0.25, -0.2) is 9.18 Å². The van der Waals surface area contributed by atoms with Crippen molar-refractivity contribution in [2.75, 3.05) is 18.5 Å². The number of anilines is 1. The van der Waals surface area contributed by atoms with Gasteiger partial charge in [-0.1, -0.05) is 12.1 Å². The highest BCUT2D eigenvalue weighted by atomic mass is 19.4. The van der Waals surface area contributed by atoms with Crippen molar-refractivity contribution in [2.45, 2.75) is 84.4 Å². The van der Waals surface area contributed by atoms with Crippen molar-refractivity contribution in [3.05, 3.63) is 63.2 Å². The van der Waals surface area contributed by atoms with E-state index in [9.17, 15) is 22.4 Å². The van der Waals surface area contributed by atoms with Gasteiger partial charge in [0.15, 0.2) is 0 Å². The van der Waals surface area contributed by atoms with Crippen LogP contribution in [0.2, 0.25) is 0 Å². The first-order valence-corrected chi connectivity index (χ1v) is 13.7. The van der Waals surface area contributed by atoms with Crippen molar-refractivity contribution in [3.8, 4) is 0 Å². The number of halogens is 4. The number of hydrazone groups is 1. The smallest absolute Gasteiger partial charge is 0.416 e. The normalized spacial score (nSPS) is 17.5. The third kappa shape index (κ3) is 6.46. The van der Waals surface area contributed by atoms with Crippen LogP contribution in [0.5, 0.6) is 0 Å². The summed E-state index contributed by atoms with van der Waals surface area (Å²) in [6, 6.07) is 4.78. The molecule has 1 aliphatic heterocycles. The summed E-state index contributed by atoms with van der Waals surface area (Å²) in [6.45, 7) is 4.87. The number of benzene rings is 2. The Morgan fingerprint density at radius 1 is 1.15 bits per heavy atom. The van der Waals surface area contributed by atoms with Gasteiger partial charge in [0, 0.05) is 20.1 Å². The molecule has 0 saturated carbocycles. The maximum atomic E-state index is 13.7. The van der Waals surface area contributed by atoms with E-state index in [1.54, 1.807) is 23.6 Å². The zero-order valence-electron chi connectivity index (χ0n) is 23.8. The van der Waals surface area contributed by atoms with Gasteiger partial charge in [0.25, 0.3) is 5.96 Å². The molecule has 0 aromatic heterocycles. The lowest BCUT2D eigenvalue weighted by Gasteiger charge is -2.34. The number of guanidine groups is 1. The summed E-state index contributed by atoms with van der Waals surface area (Å²) >= 11 is 0. The van der Waals surface area contributed by atoms with E-state index < -0.39 is 30.5 Å². The van der Waals surface area contributed by atoms with E-state index in [0.717, 1.165) is 53.8 Å². The van der Waals surface area contributed by atoms with Crippen LogP contribution in [0.15, 0.2) is 39.6 Å². The Morgan fingerprint density at radius 2 is 1.85 bits per heavy atom. The van der Waals surface area contributed by atoms with Crippen LogP contribution in [0.3, 0.4) is 0 Å². The molecular weight excluding hydrogens is 540 g/mol. The molecule has 2 aromatic rings. The first-order valence-electron chi connectivity index (χ1n) is 13.7. The standard InChI is InChI=1S/C29H36F4N6O2/c1-17(2)41-28(40)38-10-6-9-25(24-11-18(3)22-7-5-8-23(22)26(24)38)39(27(36-34)37-35-4)16-20-12-19(15-30)13-21(14-20)29(31,32)33/h11-14,17,25H,5-10,15-16,34H2,1-4H3/t25-/m0/s1. The minimum atomic E-state index is -4.65. The zero-order valence-corrected chi connectivity index (χ0v) is 23.8. The molecular formula is C29H36F4N6O2. The highest BCUT2D eigenvalue weighted by Gasteiger charge is 2.37. The van der Waals surface area contributed by atoms with E-state index in [2.05, 4.69) is 15.3 Å². The lowest BCUT2D eigenvalue weighted by atomic mass is 9.91. The predicted octanol–water partition coefficient (Wildman–Crippen LogP) is 6.97. The number of aryl methyl sites for hydroxylation is 1. The summed E-state index contributed by atoms with van der Waals surface area (Å²) in [6.07, 6.45) is -1.69. The number of azo groups is 1. The van der Waals surface area contributed by atoms with Crippen LogP contribution in [0.25, 0.3) is 0 Å². The Kier molecular flexibility index (Phi) is 9.18. The largest absolute Gasteiger partial charge is 0.446 e. The number of nitrogens with zero attached hydrogens (tertiary/aromatic N) is 5. The summed E-state index contributed by atoms with van der Waals surface area (Å²) in [7, 11) is 1.44. The second-order valence-electron chi connectivity index (χ2n) is 10.7. The van der Waals surface area contributed by atoms with Crippen LogP contribution in [0.1, 0.15) is 78.1 Å². The van der Waals surface area contributed by atoms with Gasteiger partial charge in [0.1, 0.15) is 6.67 Å². The Balaban J connectivity index is 1.90. The molecule has 1 amide bonds. The fraction of sp³-hybridized carbons (Fsp3) is 0.517. The molecule has 1 atom stereocenters. The molecule has 1 aliphatic carbocycles. The van der Waals surface area contributed by atoms with Gasteiger partial charge in [0.2, 0.25) is 0 Å². The first kappa shape index (κ1) is 30.3. The molecule has 12 heteroatoms. The van der Waals surface area contributed by atoms with Crippen LogP contribution in [0.4, 0.5) is 28.0 Å². The summed E-state index contributed by atoms with van der Waals surface area (Å²) in [5.41, 5.74) is 4.12. The Morgan fingerprint density at radius 3 is 2.49 bits per heavy atom. The van der Waals surface area contributed by atoms with E-state index in [4.69, 9.17) is 10.6 Å². The van der Waals surface area contributed by atoms with E-state index in [0.29, 0.717) is 19.4 Å². The molecule has 222 valence electrons. The fourth-order valence-electron chi connectivity index (χ4n) is 5.92. The number of alkyl halides is 4. The molecule has 0 radical (unpaired) electrons. The Bertz CT molecular complexity index is 1340. The molecule has 8 nitrogen and oxygen atoms in total. The number of nitrogens with two attached hydrogens (primary N) is 1. The van der Waals surface area contributed by atoms with Gasteiger partial charge >= 0.3 is 12.3 Å². The number of amides is 1. The number of carbonyl (C=O) groups is 1. The SMILES string of the molecule is CN=NC(=NN)N(Cc1cc(CF)cc(C(F)(F)F)c1)[C@H]1CCCN(C(=O)OC(C)C)c2c1cc(C)c1c2CCC1. The number of rotatable bonds is 5. The molecule has 0 fully saturated rings. The van der Waals surface area contributed by atoms with Crippen molar-refractivity contribution in [3.63, 3.8) is 0 Å². The minimum absolute atomic E-state index is 0.0130. The Hall–Kier alpha value is -3.70. The number of carbonyl (C=O) groups excluding carboxylic acids is 1.